The van der Waals surface area contributed by atoms with E-state index >= 15 is 0 Å². The number of phenolic OH excluding ortho intramolecular Hbond substituents is 2. The van der Waals surface area contributed by atoms with Gasteiger partial charge in [-0.2, -0.15) is 5.10 Å². The molecule has 1 aromatic carbocycles. The Balaban J connectivity index is 2.85. The first-order valence-corrected chi connectivity index (χ1v) is 6.93. The number of halogens is 2. The van der Waals surface area contributed by atoms with Gasteiger partial charge in [-0.3, -0.25) is 5.43 Å². The van der Waals surface area contributed by atoms with E-state index < -0.39 is 0 Å². The third kappa shape index (κ3) is 3.82. The Morgan fingerprint density at radius 3 is 2.72 bits per heavy atom. The Morgan fingerprint density at radius 1 is 1.44 bits per heavy atom. The van der Waals surface area contributed by atoms with E-state index in [1.54, 1.807) is 0 Å². The molecule has 0 aliphatic rings. The Morgan fingerprint density at radius 2 is 2.11 bits per heavy atom. The van der Waals surface area contributed by atoms with Gasteiger partial charge in [0.05, 0.1) is 10.7 Å². The number of thiocarbonyl (C=S) groups is 1. The van der Waals surface area contributed by atoms with E-state index in [-0.39, 0.29) is 16.0 Å². The Bertz CT molecular complexity index is 495. The molecular formula is C10H11Br2N3O2S. The third-order valence-corrected chi connectivity index (χ3v) is 3.50. The lowest BCUT2D eigenvalue weighted by Crippen LogP contribution is -2.31. The fourth-order valence-electron chi connectivity index (χ4n) is 1.08. The molecule has 0 aromatic heterocycles. The zero-order valence-corrected chi connectivity index (χ0v) is 13.4. The summed E-state index contributed by atoms with van der Waals surface area (Å²) in [6.07, 6.45) is 1.40. The molecule has 1 rings (SSSR count). The van der Waals surface area contributed by atoms with Crippen molar-refractivity contribution in [1.29, 1.82) is 0 Å². The highest BCUT2D eigenvalue weighted by molar-refractivity contribution is 9.11. The van der Waals surface area contributed by atoms with Crippen molar-refractivity contribution in [2.75, 3.05) is 6.54 Å². The maximum Gasteiger partial charge on any atom is 0.186 e. The number of benzene rings is 1. The number of hydrogen-bond donors (Lipinski definition) is 4. The molecule has 0 amide bonds. The van der Waals surface area contributed by atoms with Crippen LogP contribution in [0, 0.1) is 0 Å². The van der Waals surface area contributed by atoms with Gasteiger partial charge in [0, 0.05) is 12.1 Å². The third-order valence-electron chi connectivity index (χ3n) is 1.90. The lowest BCUT2D eigenvalue weighted by Gasteiger charge is -2.07. The van der Waals surface area contributed by atoms with Gasteiger partial charge in [-0.15, -0.1) is 0 Å². The summed E-state index contributed by atoms with van der Waals surface area (Å²) >= 11 is 11.2. The Labute approximate surface area is 127 Å². The summed E-state index contributed by atoms with van der Waals surface area (Å²) in [5.74, 6) is -0.170. The van der Waals surface area contributed by atoms with Crippen molar-refractivity contribution >= 4 is 55.4 Å². The molecule has 0 atom stereocenters. The summed E-state index contributed by atoms with van der Waals surface area (Å²) in [5.41, 5.74) is 3.03. The highest BCUT2D eigenvalue weighted by Gasteiger charge is 2.12. The molecule has 0 bridgehead atoms. The molecule has 0 heterocycles. The molecule has 0 unspecified atom stereocenters. The maximum absolute atomic E-state index is 9.78. The van der Waals surface area contributed by atoms with E-state index in [0.29, 0.717) is 21.7 Å². The minimum Gasteiger partial charge on any atom is -0.506 e. The average Bonchev–Trinajstić information content (AvgIpc) is 2.33. The lowest BCUT2D eigenvalue weighted by atomic mass is 10.2. The first kappa shape index (κ1) is 15.2. The van der Waals surface area contributed by atoms with Crippen molar-refractivity contribution in [3.63, 3.8) is 0 Å². The number of aromatic hydroxyl groups is 2. The van der Waals surface area contributed by atoms with Gasteiger partial charge >= 0.3 is 0 Å². The summed E-state index contributed by atoms with van der Waals surface area (Å²) in [7, 11) is 0. The Hall–Kier alpha value is -0.860. The largest absolute Gasteiger partial charge is 0.506 e. The van der Waals surface area contributed by atoms with Gasteiger partial charge in [0.1, 0.15) is 16.0 Å². The number of nitrogens with one attached hydrogen (secondary N) is 2. The van der Waals surface area contributed by atoms with Crippen molar-refractivity contribution in [1.82, 2.24) is 10.7 Å². The minimum absolute atomic E-state index is 0.0687. The molecule has 8 heteroatoms. The van der Waals surface area contributed by atoms with Crippen LogP contribution in [0.25, 0.3) is 0 Å². The topological polar surface area (TPSA) is 76.9 Å². The van der Waals surface area contributed by atoms with Crippen molar-refractivity contribution < 1.29 is 10.2 Å². The zero-order valence-electron chi connectivity index (χ0n) is 9.37. The number of rotatable bonds is 3. The standard InChI is InChI=1S/C10H11Br2N3O2S/c1-2-13-10(18)15-14-4-5-3-6(11)9(17)7(12)8(5)16/h3-4,16-17H,2H2,1H3,(H2,13,15,18). The van der Waals surface area contributed by atoms with Crippen molar-refractivity contribution in [3.8, 4) is 11.5 Å². The van der Waals surface area contributed by atoms with Gasteiger partial charge in [0.2, 0.25) is 0 Å². The van der Waals surface area contributed by atoms with Crippen molar-refractivity contribution in [2.24, 2.45) is 5.10 Å². The molecule has 0 radical (unpaired) electrons. The second kappa shape index (κ2) is 6.91. The number of nitrogens with zero attached hydrogens (tertiary/aromatic N) is 1. The van der Waals surface area contributed by atoms with Gasteiger partial charge < -0.3 is 15.5 Å². The van der Waals surface area contributed by atoms with Crippen LogP contribution in [0.2, 0.25) is 0 Å². The lowest BCUT2D eigenvalue weighted by molar-refractivity contribution is 0.442. The van der Waals surface area contributed by atoms with Gasteiger partial charge in [0.15, 0.2) is 5.11 Å². The van der Waals surface area contributed by atoms with Gasteiger partial charge in [-0.1, -0.05) is 0 Å². The molecular weight excluding hydrogens is 386 g/mol. The van der Waals surface area contributed by atoms with E-state index in [2.05, 4.69) is 47.7 Å². The normalized spacial score (nSPS) is 10.6. The van der Waals surface area contributed by atoms with E-state index in [1.165, 1.54) is 12.3 Å². The summed E-state index contributed by atoms with van der Waals surface area (Å²) in [6.45, 7) is 2.61. The highest BCUT2D eigenvalue weighted by Crippen LogP contribution is 2.40. The van der Waals surface area contributed by atoms with Crippen molar-refractivity contribution in [2.45, 2.75) is 6.92 Å². The molecule has 98 valence electrons. The molecule has 0 saturated carbocycles. The molecule has 0 spiro atoms. The van der Waals surface area contributed by atoms with Crippen LogP contribution in [-0.2, 0) is 0 Å². The monoisotopic (exact) mass is 395 g/mol. The second-order valence-electron chi connectivity index (χ2n) is 3.19. The molecule has 0 aliphatic heterocycles. The zero-order chi connectivity index (χ0) is 13.7. The smallest absolute Gasteiger partial charge is 0.186 e. The SMILES string of the molecule is CCNC(=S)NN=Cc1cc(Br)c(O)c(Br)c1O. The summed E-state index contributed by atoms with van der Waals surface area (Å²) < 4.78 is 0.649. The predicted octanol–water partition coefficient (Wildman–Crippen LogP) is 2.44. The first-order valence-electron chi connectivity index (χ1n) is 4.94. The van der Waals surface area contributed by atoms with Crippen LogP contribution in [0.5, 0.6) is 11.5 Å². The van der Waals surface area contributed by atoms with Crippen LogP contribution >= 0.6 is 44.1 Å². The Kier molecular flexibility index (Phi) is 5.83. The van der Waals surface area contributed by atoms with Crippen LogP contribution in [0.1, 0.15) is 12.5 Å². The van der Waals surface area contributed by atoms with Crippen LogP contribution < -0.4 is 10.7 Å². The highest BCUT2D eigenvalue weighted by atomic mass is 79.9. The van der Waals surface area contributed by atoms with E-state index in [9.17, 15) is 10.2 Å². The van der Waals surface area contributed by atoms with Crippen LogP contribution in [0.15, 0.2) is 20.1 Å². The predicted molar refractivity (Wildman–Crippen MR) is 82.2 cm³/mol. The second-order valence-corrected chi connectivity index (χ2v) is 5.24. The van der Waals surface area contributed by atoms with Gasteiger partial charge in [-0.25, -0.2) is 0 Å². The van der Waals surface area contributed by atoms with Crippen LogP contribution in [-0.4, -0.2) is 28.1 Å². The van der Waals surface area contributed by atoms with E-state index in [1.807, 2.05) is 6.92 Å². The fraction of sp³-hybridized carbons (Fsp3) is 0.200. The van der Waals surface area contributed by atoms with Crippen LogP contribution in [0.3, 0.4) is 0 Å². The number of phenols is 2. The molecule has 0 saturated heterocycles. The molecule has 0 aliphatic carbocycles. The molecule has 0 fully saturated rings. The maximum atomic E-state index is 9.78. The molecule has 18 heavy (non-hydrogen) atoms. The minimum atomic E-state index is -0.101. The number of hydrazone groups is 1. The summed E-state index contributed by atoms with van der Waals surface area (Å²) in [6, 6.07) is 1.54. The average molecular weight is 397 g/mol. The summed E-state index contributed by atoms with van der Waals surface area (Å²) in [4.78, 5) is 0. The van der Waals surface area contributed by atoms with Gasteiger partial charge in [-0.05, 0) is 57.1 Å². The van der Waals surface area contributed by atoms with E-state index in [0.717, 1.165) is 0 Å². The fourth-order valence-corrected chi connectivity index (χ4v) is 2.43. The van der Waals surface area contributed by atoms with Gasteiger partial charge in [0.25, 0.3) is 0 Å². The molecule has 4 N–H and O–H groups in total. The van der Waals surface area contributed by atoms with Crippen molar-refractivity contribution in [3.05, 3.63) is 20.6 Å². The number of hydrogen-bond acceptors (Lipinski definition) is 4. The molecule has 1 aromatic rings. The summed E-state index contributed by atoms with van der Waals surface area (Å²) in [5, 5.41) is 26.5. The van der Waals surface area contributed by atoms with Crippen LogP contribution in [0.4, 0.5) is 0 Å². The first-order chi connectivity index (χ1) is 8.47. The molecule has 5 nitrogen and oxygen atoms in total. The van der Waals surface area contributed by atoms with E-state index in [4.69, 9.17) is 12.2 Å². The quantitative estimate of drug-likeness (QED) is 0.358.